The molecule has 0 aromatic carbocycles. The second-order valence-corrected chi connectivity index (χ2v) is 16.0. The first kappa shape index (κ1) is 50.6. The van der Waals surface area contributed by atoms with Gasteiger partial charge < -0.3 is 35.2 Å². The van der Waals surface area contributed by atoms with E-state index < -0.39 is 59.9 Å². The van der Waals surface area contributed by atoms with Crippen molar-refractivity contribution in [3.05, 3.63) is 24.3 Å². The Balaban J connectivity index is 2.55. The highest BCUT2D eigenvalue weighted by molar-refractivity contribution is 7.80. The third-order valence-electron chi connectivity index (χ3n) is 9.98. The number of allylic oxidation sites excluding steroid dienone is 3. The van der Waals surface area contributed by atoms with Crippen LogP contribution in [0.4, 0.5) is 0 Å². The highest BCUT2D eigenvalue weighted by Gasteiger charge is 2.48. The summed E-state index contributed by atoms with van der Waals surface area (Å²) in [7, 11) is -5.08. The highest BCUT2D eigenvalue weighted by Crippen LogP contribution is 2.26. The Kier molecular flexibility index (Phi) is 30.6. The summed E-state index contributed by atoms with van der Waals surface area (Å²) in [6.07, 6.45) is 26.7. The molecule has 13 heteroatoms. The maximum absolute atomic E-state index is 12.9. The Morgan fingerprint density at radius 2 is 1.19 bits per heavy atom. The van der Waals surface area contributed by atoms with Crippen molar-refractivity contribution in [3.63, 3.8) is 0 Å². The van der Waals surface area contributed by atoms with Crippen molar-refractivity contribution < 1.29 is 51.8 Å². The number of aliphatic hydroxyl groups excluding tert-OH is 4. The zero-order valence-corrected chi connectivity index (χ0v) is 34.4. The van der Waals surface area contributed by atoms with E-state index in [1.54, 1.807) is 6.08 Å². The molecule has 7 unspecified atom stereocenters. The number of carbonyl (C=O) groups excluding carboxylic acids is 1. The molecule has 1 aliphatic heterocycles. The van der Waals surface area contributed by atoms with Gasteiger partial charge in [0.25, 0.3) is 0 Å². The molecule has 0 bridgehead atoms. The highest BCUT2D eigenvalue weighted by atomic mass is 32.3. The molecule has 0 aliphatic carbocycles. The Morgan fingerprint density at radius 3 is 1.69 bits per heavy atom. The molecular weight excluding hydrogens is 715 g/mol. The van der Waals surface area contributed by atoms with Crippen LogP contribution in [0.15, 0.2) is 24.3 Å². The van der Waals surface area contributed by atoms with Crippen LogP contribution in [-0.2, 0) is 28.9 Å². The van der Waals surface area contributed by atoms with Gasteiger partial charge >= 0.3 is 10.4 Å². The van der Waals surface area contributed by atoms with Crippen molar-refractivity contribution in [1.29, 1.82) is 0 Å². The second-order valence-electron chi connectivity index (χ2n) is 14.9. The van der Waals surface area contributed by atoms with Crippen molar-refractivity contribution >= 4 is 16.3 Å². The molecule has 0 aromatic heterocycles. The minimum Gasteiger partial charge on any atom is -0.394 e. The molecule has 7 atom stereocenters. The summed E-state index contributed by atoms with van der Waals surface area (Å²) in [5, 5.41) is 44.5. The molecule has 1 rings (SSSR count). The van der Waals surface area contributed by atoms with Crippen LogP contribution in [-0.4, -0.2) is 95.4 Å². The molecule has 0 radical (unpaired) electrons. The van der Waals surface area contributed by atoms with E-state index >= 15 is 0 Å². The fourth-order valence-corrected chi connectivity index (χ4v) is 7.14. The summed E-state index contributed by atoms with van der Waals surface area (Å²) in [5.74, 6) is -0.299. The van der Waals surface area contributed by atoms with E-state index in [9.17, 15) is 33.6 Å². The first-order chi connectivity index (χ1) is 26.0. The molecule has 6 N–H and O–H groups in total. The second kappa shape index (κ2) is 32.6. The van der Waals surface area contributed by atoms with Crippen LogP contribution in [0.2, 0.25) is 0 Å². The number of rotatable bonds is 35. The third kappa shape index (κ3) is 25.7. The minimum atomic E-state index is -5.08. The van der Waals surface area contributed by atoms with Gasteiger partial charge in [-0.25, -0.2) is 4.18 Å². The Labute approximate surface area is 327 Å². The molecule has 0 spiro atoms. The van der Waals surface area contributed by atoms with Crippen LogP contribution in [0.3, 0.4) is 0 Å². The standard InChI is InChI=1S/C41H77NO11S/c1-3-5-7-9-11-13-14-15-16-17-18-19-20-21-23-24-26-28-30-35(44)34(42-37(45)31-29-27-25-22-12-10-8-6-4-2)33-51-41-39(47)40(53-54(48,49)50)38(46)36(32-43)52-41/h22,25,28,30,34-36,38-41,43-44,46-47H,3-21,23-24,26-27,29,31-33H2,1-2H3,(H,42,45)(H,48,49,50)/b25-22-,30-28+. The van der Waals surface area contributed by atoms with Gasteiger partial charge in [0, 0.05) is 6.42 Å². The Hall–Kier alpha value is -1.42. The molecular formula is C41H77NO11S. The fourth-order valence-electron chi connectivity index (χ4n) is 6.63. The van der Waals surface area contributed by atoms with Crippen molar-refractivity contribution in [2.75, 3.05) is 13.2 Å². The van der Waals surface area contributed by atoms with Crippen molar-refractivity contribution in [3.8, 4) is 0 Å². The quantitative estimate of drug-likeness (QED) is 0.0213. The van der Waals surface area contributed by atoms with Gasteiger partial charge in [0.1, 0.15) is 24.4 Å². The average Bonchev–Trinajstić information content (AvgIpc) is 3.14. The average molecular weight is 792 g/mol. The van der Waals surface area contributed by atoms with Crippen LogP contribution in [0.5, 0.6) is 0 Å². The van der Waals surface area contributed by atoms with Crippen LogP contribution >= 0.6 is 0 Å². The number of ether oxygens (including phenoxy) is 2. The zero-order chi connectivity index (χ0) is 39.9. The van der Waals surface area contributed by atoms with Gasteiger partial charge in [0.15, 0.2) is 6.29 Å². The van der Waals surface area contributed by atoms with E-state index in [2.05, 4.69) is 35.5 Å². The van der Waals surface area contributed by atoms with Crippen LogP contribution in [0.25, 0.3) is 0 Å². The topological polar surface area (TPSA) is 192 Å². The van der Waals surface area contributed by atoms with Gasteiger partial charge in [-0.05, 0) is 38.5 Å². The Morgan fingerprint density at radius 1 is 0.722 bits per heavy atom. The summed E-state index contributed by atoms with van der Waals surface area (Å²) in [5.41, 5.74) is 0. The van der Waals surface area contributed by atoms with Gasteiger partial charge in [-0.15, -0.1) is 0 Å². The summed E-state index contributed by atoms with van der Waals surface area (Å²) in [6, 6.07) is -0.954. The van der Waals surface area contributed by atoms with E-state index in [1.165, 1.54) is 109 Å². The summed E-state index contributed by atoms with van der Waals surface area (Å²) in [6.45, 7) is 3.31. The van der Waals surface area contributed by atoms with Gasteiger partial charge in [0.05, 0.1) is 25.4 Å². The largest absolute Gasteiger partial charge is 0.397 e. The first-order valence-electron chi connectivity index (χ1n) is 21.2. The smallest absolute Gasteiger partial charge is 0.394 e. The molecule has 12 nitrogen and oxygen atoms in total. The van der Waals surface area contributed by atoms with Crippen molar-refractivity contribution in [1.82, 2.24) is 5.32 Å². The van der Waals surface area contributed by atoms with Gasteiger partial charge in [-0.1, -0.05) is 154 Å². The third-order valence-corrected chi connectivity index (χ3v) is 10.4. The van der Waals surface area contributed by atoms with Crippen molar-refractivity contribution in [2.45, 2.75) is 217 Å². The van der Waals surface area contributed by atoms with E-state index in [4.69, 9.17) is 14.0 Å². The van der Waals surface area contributed by atoms with Crippen LogP contribution in [0.1, 0.15) is 174 Å². The number of nitrogens with one attached hydrogen (secondary N) is 1. The molecule has 0 aromatic rings. The SMILES string of the molecule is CCCCCC/C=C\CCCC(=O)NC(COC1OC(CO)C(O)C(OS(=O)(=O)O)C1O)C(O)/C=C/CCCCCCCCCCCCCCCCCC. The number of hydrogen-bond donors (Lipinski definition) is 6. The molecule has 54 heavy (non-hydrogen) atoms. The number of amides is 1. The minimum absolute atomic E-state index is 0.220. The van der Waals surface area contributed by atoms with E-state index in [-0.39, 0.29) is 18.9 Å². The fraction of sp³-hybridized carbons (Fsp3) is 0.878. The van der Waals surface area contributed by atoms with E-state index in [1.807, 2.05) is 6.08 Å². The molecule has 1 heterocycles. The van der Waals surface area contributed by atoms with Gasteiger partial charge in [-0.2, -0.15) is 8.42 Å². The molecule has 1 fully saturated rings. The number of aliphatic hydroxyl groups is 4. The maximum atomic E-state index is 12.9. The molecule has 1 aliphatic rings. The van der Waals surface area contributed by atoms with Crippen molar-refractivity contribution in [2.24, 2.45) is 0 Å². The monoisotopic (exact) mass is 792 g/mol. The van der Waals surface area contributed by atoms with Crippen LogP contribution in [0, 0.1) is 0 Å². The number of unbranched alkanes of at least 4 members (excludes halogenated alkanes) is 21. The molecule has 1 amide bonds. The van der Waals surface area contributed by atoms with E-state index in [0.717, 1.165) is 38.5 Å². The predicted octanol–water partition coefficient (Wildman–Crippen LogP) is 7.38. The van der Waals surface area contributed by atoms with Gasteiger partial charge in [0.2, 0.25) is 5.91 Å². The lowest BCUT2D eigenvalue weighted by atomic mass is 9.99. The number of carbonyl (C=O) groups is 1. The number of hydrogen-bond acceptors (Lipinski definition) is 10. The molecule has 318 valence electrons. The predicted molar refractivity (Wildman–Crippen MR) is 213 cm³/mol. The maximum Gasteiger partial charge on any atom is 0.397 e. The summed E-state index contributed by atoms with van der Waals surface area (Å²) < 4.78 is 47.4. The molecule has 1 saturated heterocycles. The van der Waals surface area contributed by atoms with Crippen LogP contribution < -0.4 is 5.32 Å². The molecule has 0 saturated carbocycles. The normalized spacial score (nSPS) is 21.9. The zero-order valence-electron chi connectivity index (χ0n) is 33.5. The summed E-state index contributed by atoms with van der Waals surface area (Å²) in [4.78, 5) is 12.9. The van der Waals surface area contributed by atoms with E-state index in [0.29, 0.717) is 6.42 Å². The summed E-state index contributed by atoms with van der Waals surface area (Å²) >= 11 is 0. The lowest BCUT2D eigenvalue weighted by molar-refractivity contribution is -0.298. The lowest BCUT2D eigenvalue weighted by Gasteiger charge is -2.41. The first-order valence-corrected chi connectivity index (χ1v) is 22.6. The Bertz CT molecular complexity index is 1070. The lowest BCUT2D eigenvalue weighted by Crippen LogP contribution is -2.61. The van der Waals surface area contributed by atoms with Gasteiger partial charge in [-0.3, -0.25) is 9.35 Å².